The maximum Gasteiger partial charge on any atom is 0.261 e. The second-order valence-corrected chi connectivity index (χ2v) is 6.46. The minimum Gasteiger partial charge on any atom is -0.339 e. The van der Waals surface area contributed by atoms with E-state index in [1.165, 1.54) is 12.1 Å². The van der Waals surface area contributed by atoms with Crippen LogP contribution in [0.15, 0.2) is 23.1 Å². The maximum atomic E-state index is 12.0. The van der Waals surface area contributed by atoms with Gasteiger partial charge in [0.2, 0.25) is 0 Å². The van der Waals surface area contributed by atoms with Crippen LogP contribution in [0.3, 0.4) is 0 Å². The van der Waals surface area contributed by atoms with Gasteiger partial charge in [0.1, 0.15) is 0 Å². The lowest BCUT2D eigenvalue weighted by molar-refractivity contribution is 0.0749. The third kappa shape index (κ3) is 2.30. The molecule has 0 saturated heterocycles. The van der Waals surface area contributed by atoms with Crippen LogP contribution in [0.4, 0.5) is 0 Å². The van der Waals surface area contributed by atoms with E-state index in [9.17, 15) is 13.2 Å². The van der Waals surface area contributed by atoms with Gasteiger partial charge in [-0.2, -0.15) is 0 Å². The van der Waals surface area contributed by atoms with Crippen molar-refractivity contribution in [3.63, 3.8) is 0 Å². The van der Waals surface area contributed by atoms with Crippen LogP contribution in [0, 0.1) is 0 Å². The average molecular weight is 274 g/mol. The van der Waals surface area contributed by atoms with Crippen molar-refractivity contribution in [1.82, 2.24) is 4.90 Å². The van der Waals surface area contributed by atoms with Crippen LogP contribution in [0.1, 0.15) is 22.8 Å². The number of benzene rings is 1. The Morgan fingerprint density at radius 2 is 2.12 bits per heavy atom. The molecule has 0 fully saturated rings. The van der Waals surface area contributed by atoms with E-state index in [0.29, 0.717) is 18.7 Å². The molecule has 0 unspecified atom stereocenters. The van der Waals surface area contributed by atoms with Crippen molar-refractivity contribution in [3.05, 3.63) is 29.3 Å². The van der Waals surface area contributed by atoms with Gasteiger partial charge >= 0.3 is 0 Å². The fourth-order valence-corrected chi connectivity index (χ4v) is 2.73. The fraction of sp³-hybridized carbons (Fsp3) is 0.364. The second-order valence-electron chi connectivity index (χ2n) is 3.89. The normalized spacial score (nSPS) is 15.9. The first-order valence-electron chi connectivity index (χ1n) is 5.30. The summed E-state index contributed by atoms with van der Waals surface area (Å²) in [5, 5.41) is 0. The summed E-state index contributed by atoms with van der Waals surface area (Å²) in [6.45, 7) is 3.19. The first kappa shape index (κ1) is 12.4. The van der Waals surface area contributed by atoms with Crippen molar-refractivity contribution in [3.8, 4) is 0 Å². The number of nitrogens with zero attached hydrogens (tertiary/aromatic N) is 1. The highest BCUT2D eigenvalue weighted by molar-refractivity contribution is 8.13. The van der Waals surface area contributed by atoms with Gasteiger partial charge in [0.05, 0.1) is 4.90 Å². The van der Waals surface area contributed by atoms with Crippen molar-refractivity contribution in [1.29, 1.82) is 0 Å². The van der Waals surface area contributed by atoms with Crippen LogP contribution in [0.5, 0.6) is 0 Å². The predicted molar refractivity (Wildman–Crippen MR) is 64.8 cm³/mol. The molecule has 1 aromatic rings. The standard InChI is InChI=1S/C11H12ClNO3S/c1-2-13-6-5-8-3-4-9(17(12,15)16)7-10(8)11(13)14/h3-4,7H,2,5-6H2,1H3. The smallest absolute Gasteiger partial charge is 0.261 e. The minimum absolute atomic E-state index is 0.0239. The Balaban J connectivity index is 2.51. The summed E-state index contributed by atoms with van der Waals surface area (Å²) in [6, 6.07) is 4.47. The largest absolute Gasteiger partial charge is 0.339 e. The SMILES string of the molecule is CCN1CCc2ccc(S(=O)(=O)Cl)cc2C1=O. The quantitative estimate of drug-likeness (QED) is 0.770. The highest BCUT2D eigenvalue weighted by Gasteiger charge is 2.24. The molecular formula is C11H12ClNO3S. The van der Waals surface area contributed by atoms with Crippen LogP contribution < -0.4 is 0 Å². The Labute approximate surface area is 105 Å². The molecule has 0 aromatic heterocycles. The number of carbonyl (C=O) groups is 1. The van der Waals surface area contributed by atoms with E-state index in [1.54, 1.807) is 11.0 Å². The summed E-state index contributed by atoms with van der Waals surface area (Å²) in [6.07, 6.45) is 0.748. The third-order valence-corrected chi connectivity index (χ3v) is 4.26. The average Bonchev–Trinajstić information content (AvgIpc) is 2.28. The van der Waals surface area contributed by atoms with Crippen molar-refractivity contribution in [2.24, 2.45) is 0 Å². The Hall–Kier alpha value is -1.07. The molecule has 0 bridgehead atoms. The summed E-state index contributed by atoms with van der Waals surface area (Å²) < 4.78 is 22.4. The van der Waals surface area contributed by atoms with Crippen LogP contribution in [-0.2, 0) is 15.5 Å². The van der Waals surface area contributed by atoms with Gasteiger partial charge in [-0.15, -0.1) is 0 Å². The molecule has 0 saturated carbocycles. The molecule has 2 rings (SSSR count). The molecule has 92 valence electrons. The number of likely N-dealkylation sites (N-methyl/N-ethyl adjacent to an activating group) is 1. The van der Waals surface area contributed by atoms with Crippen molar-refractivity contribution in [2.45, 2.75) is 18.2 Å². The predicted octanol–water partition coefficient (Wildman–Crippen LogP) is 1.63. The van der Waals surface area contributed by atoms with E-state index in [2.05, 4.69) is 0 Å². The van der Waals surface area contributed by atoms with E-state index in [4.69, 9.17) is 10.7 Å². The summed E-state index contributed by atoms with van der Waals surface area (Å²) in [5.74, 6) is -0.129. The molecule has 17 heavy (non-hydrogen) atoms. The molecule has 0 aliphatic carbocycles. The number of fused-ring (bicyclic) bond motifs is 1. The Morgan fingerprint density at radius 1 is 1.41 bits per heavy atom. The molecule has 0 atom stereocenters. The van der Waals surface area contributed by atoms with Crippen LogP contribution in [0.25, 0.3) is 0 Å². The highest BCUT2D eigenvalue weighted by atomic mass is 35.7. The lowest BCUT2D eigenvalue weighted by Crippen LogP contribution is -2.37. The van der Waals surface area contributed by atoms with Gasteiger partial charge in [-0.3, -0.25) is 4.79 Å². The van der Waals surface area contributed by atoms with E-state index in [0.717, 1.165) is 12.0 Å². The van der Waals surface area contributed by atoms with Crippen LogP contribution >= 0.6 is 10.7 Å². The molecule has 6 heteroatoms. The minimum atomic E-state index is -3.78. The number of hydrogen-bond acceptors (Lipinski definition) is 3. The molecule has 4 nitrogen and oxygen atoms in total. The number of carbonyl (C=O) groups excluding carboxylic acids is 1. The zero-order valence-corrected chi connectivity index (χ0v) is 10.9. The number of hydrogen-bond donors (Lipinski definition) is 0. The molecule has 0 radical (unpaired) electrons. The fourth-order valence-electron chi connectivity index (χ4n) is 1.95. The molecule has 1 amide bonds. The van der Waals surface area contributed by atoms with Gasteiger partial charge in [-0.05, 0) is 31.0 Å². The first-order chi connectivity index (χ1) is 7.93. The lowest BCUT2D eigenvalue weighted by Gasteiger charge is -2.27. The molecule has 0 spiro atoms. The molecule has 1 aromatic carbocycles. The lowest BCUT2D eigenvalue weighted by atomic mass is 9.99. The summed E-state index contributed by atoms with van der Waals surface area (Å²) in [4.78, 5) is 13.7. The zero-order valence-electron chi connectivity index (χ0n) is 9.31. The highest BCUT2D eigenvalue weighted by Crippen LogP contribution is 2.24. The van der Waals surface area contributed by atoms with Gasteiger partial charge in [0.15, 0.2) is 0 Å². The van der Waals surface area contributed by atoms with E-state index in [1.807, 2.05) is 6.92 Å². The van der Waals surface area contributed by atoms with Crippen molar-refractivity contribution in [2.75, 3.05) is 13.1 Å². The van der Waals surface area contributed by atoms with E-state index < -0.39 is 9.05 Å². The first-order valence-corrected chi connectivity index (χ1v) is 7.61. The monoisotopic (exact) mass is 273 g/mol. The summed E-state index contributed by atoms with van der Waals surface area (Å²) in [5.41, 5.74) is 1.32. The number of amides is 1. The van der Waals surface area contributed by atoms with Crippen LogP contribution in [0.2, 0.25) is 0 Å². The molecule has 0 N–H and O–H groups in total. The Bertz CT molecular complexity index is 568. The topological polar surface area (TPSA) is 54.5 Å². The zero-order chi connectivity index (χ0) is 12.6. The van der Waals surface area contributed by atoms with E-state index >= 15 is 0 Å². The summed E-state index contributed by atoms with van der Waals surface area (Å²) in [7, 11) is 1.48. The Kier molecular flexibility index (Phi) is 3.14. The van der Waals surface area contributed by atoms with Gasteiger partial charge in [0, 0.05) is 29.3 Å². The van der Waals surface area contributed by atoms with Gasteiger partial charge in [-0.1, -0.05) is 6.07 Å². The molecular weight excluding hydrogens is 262 g/mol. The molecule has 1 aliphatic heterocycles. The number of halogens is 1. The maximum absolute atomic E-state index is 12.0. The van der Waals surface area contributed by atoms with Crippen LogP contribution in [-0.4, -0.2) is 32.3 Å². The molecule has 1 heterocycles. The summed E-state index contributed by atoms with van der Waals surface area (Å²) >= 11 is 0. The van der Waals surface area contributed by atoms with Gasteiger partial charge in [0.25, 0.3) is 15.0 Å². The second kappa shape index (κ2) is 4.31. The number of rotatable bonds is 2. The Morgan fingerprint density at radius 3 is 2.71 bits per heavy atom. The van der Waals surface area contributed by atoms with E-state index in [-0.39, 0.29) is 10.8 Å². The van der Waals surface area contributed by atoms with Crippen molar-refractivity contribution < 1.29 is 13.2 Å². The van der Waals surface area contributed by atoms with Gasteiger partial charge in [-0.25, -0.2) is 8.42 Å². The van der Waals surface area contributed by atoms with Crippen molar-refractivity contribution >= 4 is 25.6 Å². The molecule has 1 aliphatic rings. The van der Waals surface area contributed by atoms with Gasteiger partial charge < -0.3 is 4.90 Å². The third-order valence-electron chi connectivity index (χ3n) is 2.91.